The molecule has 0 aromatic rings. The molecule has 4 heteroatoms. The minimum Gasteiger partial charge on any atom is -0.454 e. The van der Waals surface area contributed by atoms with Crippen LogP contribution < -0.4 is 0 Å². The number of hydrogen-bond donors (Lipinski definition) is 2. The molecule has 0 aromatic heterocycles. The van der Waals surface area contributed by atoms with Crippen molar-refractivity contribution in [3.63, 3.8) is 0 Å². The molecule has 2 N–H and O–H groups in total. The highest BCUT2D eigenvalue weighted by Crippen LogP contribution is 2.56. The van der Waals surface area contributed by atoms with E-state index in [0.717, 1.165) is 30.4 Å². The fraction of sp³-hybridized carbons (Fsp3) is 0.800. The Morgan fingerprint density at radius 1 is 1.32 bits per heavy atom. The molecule has 3 rings (SSSR count). The van der Waals surface area contributed by atoms with Gasteiger partial charge in [0.25, 0.3) is 0 Å². The van der Waals surface area contributed by atoms with Crippen molar-refractivity contribution in [1.82, 2.24) is 0 Å². The lowest BCUT2D eigenvalue weighted by Gasteiger charge is -2.50. The Balaban J connectivity index is 2.12. The highest BCUT2D eigenvalue weighted by atomic mass is 16.6. The zero-order chi connectivity index (χ0) is 14.0. The number of hydrogen-bond acceptors (Lipinski definition) is 4. The highest BCUT2D eigenvalue weighted by Gasteiger charge is 2.62. The molecule has 2 fully saturated rings. The van der Waals surface area contributed by atoms with E-state index < -0.39 is 23.7 Å². The highest BCUT2D eigenvalue weighted by molar-refractivity contribution is 5.77. The molecule has 2 aliphatic carbocycles. The van der Waals surface area contributed by atoms with Crippen molar-refractivity contribution in [2.45, 2.75) is 64.3 Å². The molecule has 0 aromatic carbocycles. The lowest BCUT2D eigenvalue weighted by Crippen LogP contribution is -2.53. The molecule has 5 atom stereocenters. The lowest BCUT2D eigenvalue weighted by molar-refractivity contribution is -0.143. The van der Waals surface area contributed by atoms with E-state index in [2.05, 4.69) is 6.92 Å². The van der Waals surface area contributed by atoms with Crippen LogP contribution in [-0.2, 0) is 9.53 Å². The summed E-state index contributed by atoms with van der Waals surface area (Å²) in [6.07, 6.45) is 2.04. The fourth-order valence-electron chi connectivity index (χ4n) is 4.13. The van der Waals surface area contributed by atoms with E-state index in [-0.39, 0.29) is 11.4 Å². The number of carbonyl (C=O) groups is 1. The molecule has 1 aliphatic heterocycles. The van der Waals surface area contributed by atoms with Gasteiger partial charge in [0.05, 0.1) is 12.0 Å². The molecular weight excluding hydrogens is 244 g/mol. The first kappa shape index (κ1) is 13.1. The van der Waals surface area contributed by atoms with Gasteiger partial charge in [0.1, 0.15) is 5.60 Å². The fourth-order valence-corrected chi connectivity index (χ4v) is 4.13. The summed E-state index contributed by atoms with van der Waals surface area (Å²) in [6.45, 7) is 5.80. The summed E-state index contributed by atoms with van der Waals surface area (Å²) in [5.41, 5.74) is 0.714. The quantitative estimate of drug-likeness (QED) is 0.515. The van der Waals surface area contributed by atoms with Gasteiger partial charge in [-0.25, -0.2) is 0 Å². The first-order chi connectivity index (χ1) is 8.79. The third kappa shape index (κ3) is 1.56. The molecule has 1 saturated carbocycles. The maximum Gasteiger partial charge on any atom is 0.312 e. The van der Waals surface area contributed by atoms with Crippen molar-refractivity contribution in [3.8, 4) is 0 Å². The van der Waals surface area contributed by atoms with Gasteiger partial charge in [0.2, 0.25) is 0 Å². The predicted octanol–water partition coefficient (Wildman–Crippen LogP) is 1.55. The minimum atomic E-state index is -1.09. The van der Waals surface area contributed by atoms with E-state index in [1.807, 2.05) is 6.92 Å². The van der Waals surface area contributed by atoms with Crippen molar-refractivity contribution >= 4 is 5.97 Å². The molecule has 3 aliphatic rings. The second kappa shape index (κ2) is 3.83. The number of carbonyl (C=O) groups excluding carboxylic acids is 1. The summed E-state index contributed by atoms with van der Waals surface area (Å²) >= 11 is 0. The SMILES string of the molecule is CC1=C2[C@@H]3OC(=O)[C@@H](C)[C@@]3(O)CC[C@@]2(C)CC[C@H]1O. The van der Waals surface area contributed by atoms with Crippen LogP contribution in [0.3, 0.4) is 0 Å². The van der Waals surface area contributed by atoms with E-state index in [4.69, 9.17) is 4.74 Å². The largest absolute Gasteiger partial charge is 0.454 e. The molecule has 0 bridgehead atoms. The van der Waals surface area contributed by atoms with Crippen molar-refractivity contribution in [3.05, 3.63) is 11.1 Å². The van der Waals surface area contributed by atoms with Crippen molar-refractivity contribution in [2.75, 3.05) is 0 Å². The van der Waals surface area contributed by atoms with Crippen molar-refractivity contribution in [2.24, 2.45) is 11.3 Å². The van der Waals surface area contributed by atoms with Crippen LogP contribution in [0.15, 0.2) is 11.1 Å². The molecule has 1 saturated heterocycles. The molecule has 0 amide bonds. The summed E-state index contributed by atoms with van der Waals surface area (Å²) < 4.78 is 5.48. The van der Waals surface area contributed by atoms with E-state index >= 15 is 0 Å². The van der Waals surface area contributed by atoms with Crippen LogP contribution in [0.25, 0.3) is 0 Å². The summed E-state index contributed by atoms with van der Waals surface area (Å²) in [6, 6.07) is 0. The van der Waals surface area contributed by atoms with Crippen LogP contribution in [0.4, 0.5) is 0 Å². The third-order valence-corrected chi connectivity index (χ3v) is 5.68. The van der Waals surface area contributed by atoms with E-state index in [9.17, 15) is 15.0 Å². The van der Waals surface area contributed by atoms with Crippen LogP contribution >= 0.6 is 0 Å². The maximum absolute atomic E-state index is 11.8. The van der Waals surface area contributed by atoms with Gasteiger partial charge in [0.15, 0.2) is 6.10 Å². The van der Waals surface area contributed by atoms with Gasteiger partial charge < -0.3 is 14.9 Å². The average Bonchev–Trinajstić information content (AvgIpc) is 2.59. The molecule has 0 unspecified atom stereocenters. The average molecular weight is 266 g/mol. The van der Waals surface area contributed by atoms with Crippen LogP contribution in [0.2, 0.25) is 0 Å². The smallest absolute Gasteiger partial charge is 0.312 e. The molecular formula is C15H22O4. The Labute approximate surface area is 113 Å². The third-order valence-electron chi connectivity index (χ3n) is 5.68. The molecule has 0 spiro atoms. The Morgan fingerprint density at radius 2 is 2.00 bits per heavy atom. The second-order valence-electron chi connectivity index (χ2n) is 6.74. The maximum atomic E-state index is 11.8. The normalized spacial score (nSPS) is 49.7. The summed E-state index contributed by atoms with van der Waals surface area (Å²) in [5, 5.41) is 20.9. The van der Waals surface area contributed by atoms with E-state index in [1.54, 1.807) is 6.92 Å². The number of aliphatic hydroxyl groups is 2. The molecule has 106 valence electrons. The number of ether oxygens (including phenoxy) is 1. The predicted molar refractivity (Wildman–Crippen MR) is 69.3 cm³/mol. The number of aliphatic hydroxyl groups excluding tert-OH is 1. The number of esters is 1. The van der Waals surface area contributed by atoms with Gasteiger partial charge in [-0.2, -0.15) is 0 Å². The van der Waals surface area contributed by atoms with Crippen LogP contribution in [0.1, 0.15) is 46.5 Å². The van der Waals surface area contributed by atoms with Gasteiger partial charge in [-0.15, -0.1) is 0 Å². The van der Waals surface area contributed by atoms with Crippen LogP contribution in [0, 0.1) is 11.3 Å². The Hall–Kier alpha value is -0.870. The molecule has 4 nitrogen and oxygen atoms in total. The summed E-state index contributed by atoms with van der Waals surface area (Å²) in [5.74, 6) is -0.807. The van der Waals surface area contributed by atoms with Crippen LogP contribution in [0.5, 0.6) is 0 Å². The molecule has 1 heterocycles. The minimum absolute atomic E-state index is 0.0510. The lowest BCUT2D eigenvalue weighted by atomic mass is 9.57. The van der Waals surface area contributed by atoms with Gasteiger partial charge >= 0.3 is 5.97 Å². The zero-order valence-electron chi connectivity index (χ0n) is 11.8. The van der Waals surface area contributed by atoms with Crippen molar-refractivity contribution in [1.29, 1.82) is 0 Å². The van der Waals surface area contributed by atoms with Gasteiger partial charge in [-0.05, 0) is 56.1 Å². The van der Waals surface area contributed by atoms with Gasteiger partial charge in [-0.3, -0.25) is 4.79 Å². The first-order valence-corrected chi connectivity index (χ1v) is 7.12. The van der Waals surface area contributed by atoms with Gasteiger partial charge in [-0.1, -0.05) is 6.92 Å². The van der Waals surface area contributed by atoms with Gasteiger partial charge in [0, 0.05) is 0 Å². The number of fused-ring (bicyclic) bond motifs is 3. The molecule has 0 radical (unpaired) electrons. The van der Waals surface area contributed by atoms with Crippen LogP contribution in [-0.4, -0.2) is 34.0 Å². The first-order valence-electron chi connectivity index (χ1n) is 7.12. The summed E-state index contributed by atoms with van der Waals surface area (Å²) in [7, 11) is 0. The standard InChI is InChI=1S/C15H22O4/c1-8-10(16)4-5-14(3)6-7-15(18)9(2)13(17)19-12(15)11(8)14/h9-10,12,16,18H,4-7H2,1-3H3/t9-,10-,12+,14-,15+/m1/s1. The Bertz CT molecular complexity index is 469. The topological polar surface area (TPSA) is 66.8 Å². The van der Waals surface area contributed by atoms with E-state index in [0.29, 0.717) is 6.42 Å². The monoisotopic (exact) mass is 266 g/mol. The van der Waals surface area contributed by atoms with E-state index in [1.165, 1.54) is 0 Å². The Kier molecular flexibility index (Phi) is 2.64. The second-order valence-corrected chi connectivity index (χ2v) is 6.74. The molecule has 19 heavy (non-hydrogen) atoms. The zero-order valence-corrected chi connectivity index (χ0v) is 11.8. The Morgan fingerprint density at radius 3 is 2.68 bits per heavy atom. The summed E-state index contributed by atoms with van der Waals surface area (Å²) in [4.78, 5) is 11.8. The number of rotatable bonds is 0. The van der Waals surface area contributed by atoms with Crippen molar-refractivity contribution < 1.29 is 19.7 Å².